The molecule has 6 nitrogen and oxygen atoms in total. The van der Waals surface area contributed by atoms with Crippen LogP contribution in [0.1, 0.15) is 48.5 Å². The van der Waals surface area contributed by atoms with E-state index in [0.29, 0.717) is 11.7 Å². The summed E-state index contributed by atoms with van der Waals surface area (Å²) in [6.07, 6.45) is 1.96. The molecule has 0 spiro atoms. The molecule has 7 heteroatoms. The van der Waals surface area contributed by atoms with Crippen molar-refractivity contribution in [3.8, 4) is 0 Å². The molecule has 1 amide bonds. The van der Waals surface area contributed by atoms with Gasteiger partial charge in [0, 0.05) is 11.8 Å². The van der Waals surface area contributed by atoms with Crippen molar-refractivity contribution < 1.29 is 18.9 Å². The molecule has 0 atom stereocenters. The molecule has 20 heavy (non-hydrogen) atoms. The van der Waals surface area contributed by atoms with E-state index in [2.05, 4.69) is 4.98 Å². The highest BCUT2D eigenvalue weighted by atomic mass is 16.7. The molecule has 0 unspecified atom stereocenters. The summed E-state index contributed by atoms with van der Waals surface area (Å²) >= 11 is 0. The van der Waals surface area contributed by atoms with E-state index in [-0.39, 0.29) is 11.3 Å². The molecule has 1 fully saturated rings. The molecule has 2 rings (SSSR count). The summed E-state index contributed by atoms with van der Waals surface area (Å²) in [6.45, 7) is 7.63. The Bertz CT molecular complexity index is 555. The van der Waals surface area contributed by atoms with Crippen LogP contribution in [-0.4, -0.2) is 35.5 Å². The Balaban J connectivity index is 2.48. The lowest BCUT2D eigenvalue weighted by Gasteiger charge is -2.32. The number of hydrogen-bond acceptors (Lipinski definition) is 5. The third-order valence-electron chi connectivity index (χ3n) is 3.88. The van der Waals surface area contributed by atoms with Gasteiger partial charge in [-0.2, -0.15) is 0 Å². The van der Waals surface area contributed by atoms with Gasteiger partial charge in [-0.05, 0) is 39.2 Å². The maximum atomic E-state index is 11.3. The molecule has 1 saturated heterocycles. The number of primary amides is 1. The summed E-state index contributed by atoms with van der Waals surface area (Å²) in [4.78, 5) is 26.4. The van der Waals surface area contributed by atoms with Crippen LogP contribution < -0.4 is 11.2 Å². The van der Waals surface area contributed by atoms with Gasteiger partial charge in [0.2, 0.25) is 0 Å². The van der Waals surface area contributed by atoms with Gasteiger partial charge in [0.05, 0.1) is 11.2 Å². The number of nitrogens with zero attached hydrogens (tertiary/aromatic N) is 1. The second-order valence-electron chi connectivity index (χ2n) is 5.73. The number of carbonyl (C=O) groups is 2. The number of aldehydes is 1. The van der Waals surface area contributed by atoms with Crippen molar-refractivity contribution in [2.45, 2.75) is 38.9 Å². The van der Waals surface area contributed by atoms with Crippen molar-refractivity contribution in [2.75, 3.05) is 0 Å². The largest absolute Gasteiger partial charge is 0.495 e. The number of carbonyl (C=O) groups excluding carboxylic acids is 2. The SMILES string of the molecule is CC1(C)OB(c2ccnc(C(N)=O)c2C=O)OC1(C)C. The smallest absolute Gasteiger partial charge is 0.399 e. The second-order valence-corrected chi connectivity index (χ2v) is 5.73. The summed E-state index contributed by atoms with van der Waals surface area (Å²) < 4.78 is 11.7. The van der Waals surface area contributed by atoms with E-state index in [1.54, 1.807) is 6.07 Å². The Morgan fingerprint density at radius 2 is 1.85 bits per heavy atom. The van der Waals surface area contributed by atoms with E-state index in [1.165, 1.54) is 6.20 Å². The maximum Gasteiger partial charge on any atom is 0.495 e. The van der Waals surface area contributed by atoms with Crippen LogP contribution in [0.15, 0.2) is 12.3 Å². The minimum Gasteiger partial charge on any atom is -0.399 e. The number of pyridine rings is 1. The lowest BCUT2D eigenvalue weighted by atomic mass is 9.76. The molecule has 0 radical (unpaired) electrons. The first kappa shape index (κ1) is 14.7. The third kappa shape index (κ3) is 2.23. The molecule has 2 N–H and O–H groups in total. The lowest BCUT2D eigenvalue weighted by molar-refractivity contribution is 0.00578. The minimum absolute atomic E-state index is 0.0767. The fourth-order valence-corrected chi connectivity index (χ4v) is 1.98. The highest BCUT2D eigenvalue weighted by Gasteiger charge is 2.52. The molecular formula is C13H17BN2O4. The molecule has 1 aliphatic heterocycles. The van der Waals surface area contributed by atoms with Crippen molar-refractivity contribution in [3.05, 3.63) is 23.5 Å². The Morgan fingerprint density at radius 3 is 2.30 bits per heavy atom. The zero-order chi connectivity index (χ0) is 15.1. The van der Waals surface area contributed by atoms with Crippen LogP contribution in [0.4, 0.5) is 0 Å². The summed E-state index contributed by atoms with van der Waals surface area (Å²) in [5, 5.41) is 0. The van der Waals surface area contributed by atoms with E-state index in [9.17, 15) is 9.59 Å². The molecule has 106 valence electrons. The van der Waals surface area contributed by atoms with Gasteiger partial charge in [-0.15, -0.1) is 0 Å². The molecular weight excluding hydrogens is 259 g/mol. The number of rotatable bonds is 3. The van der Waals surface area contributed by atoms with Crippen LogP contribution >= 0.6 is 0 Å². The van der Waals surface area contributed by atoms with E-state index in [0.717, 1.165) is 0 Å². The molecule has 0 aliphatic carbocycles. The first-order chi connectivity index (χ1) is 9.19. The summed E-state index contributed by atoms with van der Waals surface area (Å²) in [7, 11) is -0.735. The Hall–Kier alpha value is -1.73. The number of aromatic nitrogens is 1. The first-order valence-corrected chi connectivity index (χ1v) is 6.29. The molecule has 2 heterocycles. The Labute approximate surface area is 117 Å². The highest BCUT2D eigenvalue weighted by Crippen LogP contribution is 2.36. The monoisotopic (exact) mass is 276 g/mol. The van der Waals surface area contributed by atoms with Crippen molar-refractivity contribution in [3.63, 3.8) is 0 Å². The van der Waals surface area contributed by atoms with E-state index in [4.69, 9.17) is 15.0 Å². The predicted octanol–water partition coefficient (Wildman–Crippen LogP) is 0.292. The fourth-order valence-electron chi connectivity index (χ4n) is 1.98. The van der Waals surface area contributed by atoms with Crippen molar-refractivity contribution in [1.82, 2.24) is 4.98 Å². The zero-order valence-electron chi connectivity index (χ0n) is 12.0. The molecule has 0 bridgehead atoms. The van der Waals surface area contributed by atoms with Gasteiger partial charge in [0.25, 0.3) is 5.91 Å². The molecule has 1 aromatic rings. The summed E-state index contributed by atoms with van der Waals surface area (Å²) in [5.74, 6) is -0.759. The van der Waals surface area contributed by atoms with Crippen LogP contribution in [0.3, 0.4) is 0 Å². The van der Waals surface area contributed by atoms with Gasteiger partial charge in [-0.3, -0.25) is 14.6 Å². The number of nitrogens with two attached hydrogens (primary N) is 1. The van der Waals surface area contributed by atoms with Gasteiger partial charge in [-0.25, -0.2) is 0 Å². The van der Waals surface area contributed by atoms with Gasteiger partial charge in [-0.1, -0.05) is 0 Å². The first-order valence-electron chi connectivity index (χ1n) is 6.29. The van der Waals surface area contributed by atoms with Crippen LogP contribution in [0.5, 0.6) is 0 Å². The van der Waals surface area contributed by atoms with Crippen molar-refractivity contribution in [2.24, 2.45) is 5.73 Å². The quantitative estimate of drug-likeness (QED) is 0.633. The summed E-state index contributed by atoms with van der Waals surface area (Å²) in [6, 6.07) is 1.60. The topological polar surface area (TPSA) is 91.5 Å². The minimum atomic E-state index is -0.759. The van der Waals surface area contributed by atoms with E-state index >= 15 is 0 Å². The van der Waals surface area contributed by atoms with Gasteiger partial charge < -0.3 is 15.0 Å². The Kier molecular flexibility index (Phi) is 3.43. The van der Waals surface area contributed by atoms with Gasteiger partial charge >= 0.3 is 7.12 Å². The van der Waals surface area contributed by atoms with Crippen LogP contribution in [0.2, 0.25) is 0 Å². The average Bonchev–Trinajstić information content (AvgIpc) is 2.57. The standard InChI is InChI=1S/C13H17BN2O4/c1-12(2)13(3,4)20-14(19-12)9-5-6-16-10(11(15)18)8(9)7-17/h5-7H,1-4H3,(H2,15,18). The van der Waals surface area contributed by atoms with Gasteiger partial charge in [0.15, 0.2) is 6.29 Å². The number of hydrogen-bond donors (Lipinski definition) is 1. The molecule has 0 aromatic carbocycles. The number of amides is 1. The molecule has 0 saturated carbocycles. The molecule has 1 aromatic heterocycles. The van der Waals surface area contributed by atoms with Crippen LogP contribution in [0.25, 0.3) is 0 Å². The zero-order valence-corrected chi connectivity index (χ0v) is 12.0. The maximum absolute atomic E-state index is 11.3. The third-order valence-corrected chi connectivity index (χ3v) is 3.88. The van der Waals surface area contributed by atoms with Crippen molar-refractivity contribution in [1.29, 1.82) is 0 Å². The highest BCUT2D eigenvalue weighted by molar-refractivity contribution is 6.63. The van der Waals surface area contributed by atoms with Crippen molar-refractivity contribution >= 4 is 24.8 Å². The predicted molar refractivity (Wildman–Crippen MR) is 73.9 cm³/mol. The van der Waals surface area contributed by atoms with Crippen LogP contribution in [0, 0.1) is 0 Å². The van der Waals surface area contributed by atoms with E-state index < -0.39 is 24.2 Å². The van der Waals surface area contributed by atoms with Gasteiger partial charge in [0.1, 0.15) is 5.69 Å². The van der Waals surface area contributed by atoms with Crippen LogP contribution in [-0.2, 0) is 9.31 Å². The average molecular weight is 276 g/mol. The van der Waals surface area contributed by atoms with E-state index in [1.807, 2.05) is 27.7 Å². The fraction of sp³-hybridized carbons (Fsp3) is 0.462. The summed E-state index contributed by atoms with van der Waals surface area (Å²) in [5.41, 5.74) is 4.65. The second kappa shape index (κ2) is 4.68. The molecule has 1 aliphatic rings. The lowest BCUT2D eigenvalue weighted by Crippen LogP contribution is -2.41. The normalized spacial score (nSPS) is 19.9. The Morgan fingerprint density at radius 1 is 1.30 bits per heavy atom.